The van der Waals surface area contributed by atoms with Crippen molar-refractivity contribution in [3.8, 4) is 11.1 Å². The Labute approximate surface area is 147 Å². The van der Waals surface area contributed by atoms with Crippen molar-refractivity contribution < 1.29 is 0 Å². The molecule has 1 atom stereocenters. The third-order valence-corrected chi connectivity index (χ3v) is 5.53. The number of rotatable bonds is 3. The molecule has 0 aliphatic heterocycles. The second-order valence-corrected chi connectivity index (χ2v) is 8.33. The molecule has 0 saturated carbocycles. The highest BCUT2D eigenvalue weighted by Gasteiger charge is 2.26. The first-order valence-electron chi connectivity index (χ1n) is 9.25. The Morgan fingerprint density at radius 1 is 1.04 bits per heavy atom. The predicted octanol–water partition coefficient (Wildman–Crippen LogP) is 6.95. The fraction of sp³-hybridized carbons (Fsp3) is 0.417. The summed E-state index contributed by atoms with van der Waals surface area (Å²) < 4.78 is 0. The number of hydrogen-bond acceptors (Lipinski definition) is 0. The Bertz CT molecular complexity index is 784. The third kappa shape index (κ3) is 2.95. The van der Waals surface area contributed by atoms with Gasteiger partial charge in [-0.15, -0.1) is 0 Å². The molecule has 1 aliphatic carbocycles. The van der Waals surface area contributed by atoms with Crippen molar-refractivity contribution in [1.29, 1.82) is 0 Å². The number of hydrogen-bond donors (Lipinski definition) is 0. The van der Waals surface area contributed by atoms with Gasteiger partial charge in [-0.05, 0) is 64.5 Å². The number of allylic oxidation sites excluding steroid dienone is 1. The lowest BCUT2D eigenvalue weighted by molar-refractivity contribution is 0.591. The van der Waals surface area contributed by atoms with E-state index in [0.29, 0.717) is 5.92 Å². The minimum absolute atomic E-state index is 0.139. The van der Waals surface area contributed by atoms with Crippen LogP contribution in [-0.4, -0.2) is 0 Å². The molecule has 0 heteroatoms. The van der Waals surface area contributed by atoms with Crippen LogP contribution in [0.3, 0.4) is 0 Å². The number of aryl methyl sites for hydroxylation is 1. The molecule has 0 saturated heterocycles. The summed E-state index contributed by atoms with van der Waals surface area (Å²) in [5, 5.41) is 0. The summed E-state index contributed by atoms with van der Waals surface area (Å²) in [5.74, 6) is 0.667. The third-order valence-electron chi connectivity index (χ3n) is 5.53. The highest BCUT2D eigenvalue weighted by molar-refractivity contribution is 5.85. The van der Waals surface area contributed by atoms with E-state index in [4.69, 9.17) is 0 Å². The molecule has 126 valence electrons. The first kappa shape index (κ1) is 17.0. The maximum absolute atomic E-state index is 2.49. The van der Waals surface area contributed by atoms with E-state index in [-0.39, 0.29) is 5.41 Å². The van der Waals surface area contributed by atoms with Crippen LogP contribution in [0.25, 0.3) is 17.2 Å². The molecule has 2 aromatic carbocycles. The van der Waals surface area contributed by atoms with E-state index in [1.807, 2.05) is 0 Å². The molecule has 0 N–H and O–H groups in total. The van der Waals surface area contributed by atoms with Crippen molar-refractivity contribution >= 4 is 6.08 Å². The lowest BCUT2D eigenvalue weighted by Crippen LogP contribution is -2.14. The summed E-state index contributed by atoms with van der Waals surface area (Å²) in [6.07, 6.45) is 4.82. The van der Waals surface area contributed by atoms with E-state index in [1.165, 1.54) is 39.8 Å². The van der Waals surface area contributed by atoms with Gasteiger partial charge in [-0.1, -0.05) is 82.7 Å². The van der Waals surface area contributed by atoms with E-state index >= 15 is 0 Å². The summed E-state index contributed by atoms with van der Waals surface area (Å²) >= 11 is 0. The van der Waals surface area contributed by atoms with Crippen LogP contribution in [0.1, 0.15) is 63.3 Å². The molecule has 1 aliphatic rings. The van der Waals surface area contributed by atoms with Crippen LogP contribution in [0.4, 0.5) is 0 Å². The van der Waals surface area contributed by atoms with Gasteiger partial charge in [-0.25, -0.2) is 0 Å². The molecular weight excluding hydrogens is 288 g/mol. The van der Waals surface area contributed by atoms with Crippen molar-refractivity contribution in [1.82, 2.24) is 0 Å². The van der Waals surface area contributed by atoms with Gasteiger partial charge >= 0.3 is 0 Å². The average Bonchev–Trinajstić information content (AvgIpc) is 2.97. The molecule has 2 aromatic rings. The van der Waals surface area contributed by atoms with Gasteiger partial charge in [0, 0.05) is 0 Å². The molecule has 0 heterocycles. The Morgan fingerprint density at radius 2 is 1.75 bits per heavy atom. The molecule has 0 radical (unpaired) electrons. The lowest BCUT2D eigenvalue weighted by Gasteiger charge is -2.26. The minimum atomic E-state index is 0.139. The number of benzene rings is 2. The smallest absolute Gasteiger partial charge is 0.00549 e. The van der Waals surface area contributed by atoms with Crippen LogP contribution in [0.15, 0.2) is 42.0 Å². The SMILES string of the molecule is CCC(C)C1=Cc2c(ccc(C(C)(C)C)c2-c2ccccc2C)C1. The predicted molar refractivity (Wildman–Crippen MR) is 106 cm³/mol. The molecule has 24 heavy (non-hydrogen) atoms. The van der Waals surface area contributed by atoms with Crippen LogP contribution in [0.5, 0.6) is 0 Å². The van der Waals surface area contributed by atoms with Crippen molar-refractivity contribution in [2.24, 2.45) is 5.92 Å². The fourth-order valence-corrected chi connectivity index (χ4v) is 3.79. The number of fused-ring (bicyclic) bond motifs is 1. The van der Waals surface area contributed by atoms with Gasteiger partial charge in [0.25, 0.3) is 0 Å². The Balaban J connectivity index is 2.28. The standard InChI is InChI=1S/C24H30/c1-7-16(2)19-14-18-12-13-22(24(4,5)6)23(21(18)15-19)20-11-9-8-10-17(20)3/h8-13,15-16H,7,14H2,1-6H3. The monoisotopic (exact) mass is 318 g/mol. The second-order valence-electron chi connectivity index (χ2n) is 8.33. The average molecular weight is 319 g/mol. The summed E-state index contributed by atoms with van der Waals surface area (Å²) in [4.78, 5) is 0. The quantitative estimate of drug-likeness (QED) is 0.574. The Kier molecular flexibility index (Phi) is 4.42. The molecule has 0 amide bonds. The second kappa shape index (κ2) is 6.24. The van der Waals surface area contributed by atoms with Crippen molar-refractivity contribution in [2.75, 3.05) is 0 Å². The van der Waals surface area contributed by atoms with Crippen LogP contribution >= 0.6 is 0 Å². The summed E-state index contributed by atoms with van der Waals surface area (Å²) in [6.45, 7) is 13.9. The Hall–Kier alpha value is -1.82. The molecule has 3 rings (SSSR count). The van der Waals surface area contributed by atoms with E-state index in [0.717, 1.165) is 6.42 Å². The van der Waals surface area contributed by atoms with Crippen molar-refractivity contribution in [3.05, 3.63) is 64.2 Å². The minimum Gasteiger partial charge on any atom is -0.0648 e. The summed E-state index contributed by atoms with van der Waals surface area (Å²) in [6, 6.07) is 13.6. The topological polar surface area (TPSA) is 0 Å². The largest absolute Gasteiger partial charge is 0.0648 e. The van der Waals surface area contributed by atoms with Gasteiger partial charge in [-0.3, -0.25) is 0 Å². The lowest BCUT2D eigenvalue weighted by atomic mass is 9.78. The van der Waals surface area contributed by atoms with Crippen LogP contribution in [-0.2, 0) is 11.8 Å². The fourth-order valence-electron chi connectivity index (χ4n) is 3.79. The van der Waals surface area contributed by atoms with Gasteiger partial charge < -0.3 is 0 Å². The van der Waals surface area contributed by atoms with E-state index in [2.05, 4.69) is 84.0 Å². The van der Waals surface area contributed by atoms with Crippen LogP contribution < -0.4 is 0 Å². The molecular formula is C24H30. The van der Waals surface area contributed by atoms with Gasteiger partial charge in [0.1, 0.15) is 0 Å². The maximum atomic E-state index is 2.49. The zero-order valence-corrected chi connectivity index (χ0v) is 16.0. The maximum Gasteiger partial charge on any atom is -0.00549 e. The van der Waals surface area contributed by atoms with Gasteiger partial charge in [0.2, 0.25) is 0 Å². The van der Waals surface area contributed by atoms with Crippen molar-refractivity contribution in [2.45, 2.75) is 59.8 Å². The molecule has 1 unspecified atom stereocenters. The highest BCUT2D eigenvalue weighted by Crippen LogP contribution is 2.43. The van der Waals surface area contributed by atoms with E-state index in [9.17, 15) is 0 Å². The first-order chi connectivity index (χ1) is 11.3. The van der Waals surface area contributed by atoms with Crippen molar-refractivity contribution in [3.63, 3.8) is 0 Å². The summed E-state index contributed by atoms with van der Waals surface area (Å²) in [5.41, 5.74) is 10.4. The zero-order valence-electron chi connectivity index (χ0n) is 16.0. The zero-order chi connectivity index (χ0) is 17.5. The van der Waals surface area contributed by atoms with Crippen LogP contribution in [0.2, 0.25) is 0 Å². The molecule has 0 bridgehead atoms. The van der Waals surface area contributed by atoms with E-state index in [1.54, 1.807) is 5.57 Å². The molecule has 0 nitrogen and oxygen atoms in total. The van der Waals surface area contributed by atoms with Gasteiger partial charge in [-0.2, -0.15) is 0 Å². The highest BCUT2D eigenvalue weighted by atomic mass is 14.3. The molecule has 0 aromatic heterocycles. The van der Waals surface area contributed by atoms with Gasteiger partial charge in [0.15, 0.2) is 0 Å². The first-order valence-corrected chi connectivity index (χ1v) is 9.25. The van der Waals surface area contributed by atoms with Crippen LogP contribution in [0, 0.1) is 12.8 Å². The summed E-state index contributed by atoms with van der Waals surface area (Å²) in [7, 11) is 0. The Morgan fingerprint density at radius 3 is 2.38 bits per heavy atom. The molecule has 0 spiro atoms. The van der Waals surface area contributed by atoms with E-state index < -0.39 is 0 Å². The normalized spacial score (nSPS) is 15.2. The molecule has 0 fully saturated rings. The van der Waals surface area contributed by atoms with Gasteiger partial charge in [0.05, 0.1) is 0 Å².